The van der Waals surface area contributed by atoms with E-state index in [0.717, 1.165) is 16.8 Å². The van der Waals surface area contributed by atoms with Gasteiger partial charge in [0.1, 0.15) is 7.05 Å². The van der Waals surface area contributed by atoms with Crippen molar-refractivity contribution in [3.63, 3.8) is 0 Å². The van der Waals surface area contributed by atoms with Gasteiger partial charge in [0.2, 0.25) is 0 Å². The van der Waals surface area contributed by atoms with E-state index in [1.807, 2.05) is 62.5 Å². The summed E-state index contributed by atoms with van der Waals surface area (Å²) in [6, 6.07) is 12.6. The molecule has 2 aromatic rings. The number of nitrogens with zero attached hydrogens (tertiary/aromatic N) is 2. The van der Waals surface area contributed by atoms with Gasteiger partial charge in [-0.3, -0.25) is 4.79 Å². The maximum atomic E-state index is 12.8. The minimum absolute atomic E-state index is 0. The molecule has 166 valence electrons. The van der Waals surface area contributed by atoms with Crippen molar-refractivity contribution in [2.75, 3.05) is 19.5 Å². The molecule has 0 spiro atoms. The Morgan fingerprint density at radius 2 is 2.03 bits per heavy atom. The number of benzene rings is 2. The summed E-state index contributed by atoms with van der Waals surface area (Å²) in [5.41, 5.74) is 4.30. The van der Waals surface area contributed by atoms with Crippen LogP contribution in [0.15, 0.2) is 53.7 Å². The first kappa shape index (κ1) is 27.0. The fourth-order valence-electron chi connectivity index (χ4n) is 3.25. The first-order valence-corrected chi connectivity index (χ1v) is 10.4. The molecule has 0 aliphatic carbocycles. The van der Waals surface area contributed by atoms with Gasteiger partial charge in [0.15, 0.2) is 0 Å². The van der Waals surface area contributed by atoms with Gasteiger partial charge in [-0.1, -0.05) is 19.1 Å². The van der Waals surface area contributed by atoms with E-state index in [9.17, 15) is 9.59 Å². The molecule has 1 amide bonds. The van der Waals surface area contributed by atoms with Crippen molar-refractivity contribution in [2.24, 2.45) is 4.99 Å². The van der Waals surface area contributed by atoms with Crippen LogP contribution in [0.25, 0.3) is 0 Å². The maximum absolute atomic E-state index is 12.8. The van der Waals surface area contributed by atoms with Gasteiger partial charge in [0, 0.05) is 17.3 Å². The van der Waals surface area contributed by atoms with Gasteiger partial charge in [0.25, 0.3) is 5.91 Å². The number of carbonyl (C=O) groups excluding carboxylic acids is 2. The summed E-state index contributed by atoms with van der Waals surface area (Å²) in [4.78, 5) is 28.9. The van der Waals surface area contributed by atoms with E-state index < -0.39 is 5.97 Å². The standard InChI is InChI=1S/C25H27N4O3.K/c1-5-18-13-20(9-10-23(18)25(31)32-4)24(30)28-21-8-6-7-19(14-21)17(2)26-11-12-27-22-15-29(3)16-22;/h6-10,12-17,26H,5H2,1-4H3,(H,28,30);/q-1;+1. The topological polar surface area (TPSA) is 82.8 Å². The Bertz CT molecular complexity index is 1110. The van der Waals surface area contributed by atoms with E-state index in [1.165, 1.54) is 7.11 Å². The van der Waals surface area contributed by atoms with Crippen LogP contribution in [0.2, 0.25) is 0 Å². The van der Waals surface area contributed by atoms with E-state index in [-0.39, 0.29) is 63.3 Å². The zero-order chi connectivity index (χ0) is 23.1. The molecule has 7 nitrogen and oxygen atoms in total. The number of anilines is 1. The molecule has 0 fully saturated rings. The summed E-state index contributed by atoms with van der Waals surface area (Å²) >= 11 is 0. The van der Waals surface area contributed by atoms with Crippen molar-refractivity contribution in [3.05, 3.63) is 83.7 Å². The van der Waals surface area contributed by atoms with Crippen LogP contribution in [0.3, 0.4) is 0 Å². The predicted octanol–water partition coefficient (Wildman–Crippen LogP) is 0.546. The first-order chi connectivity index (χ1) is 15.4. The number of methoxy groups -OCH3 is 1. The molecule has 0 saturated heterocycles. The number of hydrogen-bond acceptors (Lipinski definition) is 5. The van der Waals surface area contributed by atoms with Gasteiger partial charge in [0.05, 0.1) is 31.1 Å². The third kappa shape index (κ3) is 7.38. The Morgan fingerprint density at radius 1 is 1.27 bits per heavy atom. The predicted molar refractivity (Wildman–Crippen MR) is 125 cm³/mol. The van der Waals surface area contributed by atoms with Gasteiger partial charge < -0.3 is 31.1 Å². The van der Waals surface area contributed by atoms with E-state index in [2.05, 4.69) is 21.8 Å². The summed E-state index contributed by atoms with van der Waals surface area (Å²) in [6.45, 7) is 5.85. The van der Waals surface area contributed by atoms with Crippen LogP contribution in [0.1, 0.15) is 51.7 Å². The van der Waals surface area contributed by atoms with Gasteiger partial charge in [-0.2, -0.15) is 0 Å². The molecule has 0 aromatic heterocycles. The quantitative estimate of drug-likeness (QED) is 0.194. The molecule has 1 aliphatic heterocycles. The molecule has 0 bridgehead atoms. The first-order valence-electron chi connectivity index (χ1n) is 10.4. The Kier molecular flexibility index (Phi) is 10.5. The molecule has 0 saturated carbocycles. The van der Waals surface area contributed by atoms with Crippen molar-refractivity contribution >= 4 is 29.5 Å². The monoisotopic (exact) mass is 470 g/mol. The van der Waals surface area contributed by atoms with Crippen LogP contribution in [-0.4, -0.2) is 42.5 Å². The third-order valence-corrected chi connectivity index (χ3v) is 5.05. The normalized spacial score (nSPS) is 14.4. The van der Waals surface area contributed by atoms with Crippen LogP contribution >= 0.6 is 0 Å². The molecule has 0 radical (unpaired) electrons. The summed E-state index contributed by atoms with van der Waals surface area (Å²) in [5.74, 6) is -0.648. The molecule has 33 heavy (non-hydrogen) atoms. The molecular weight excluding hydrogens is 443 g/mol. The molecular formula is C25H27KN4O3. The number of esters is 1. The van der Waals surface area contributed by atoms with Crippen molar-refractivity contribution < 1.29 is 70.3 Å². The van der Waals surface area contributed by atoms with E-state index in [0.29, 0.717) is 23.2 Å². The Morgan fingerprint density at radius 3 is 2.70 bits per heavy atom. The number of amides is 1. The minimum atomic E-state index is -0.406. The Balaban J connectivity index is 0.00000385. The zero-order valence-corrected chi connectivity index (χ0v) is 22.8. The van der Waals surface area contributed by atoms with Crippen LogP contribution in [0.5, 0.6) is 0 Å². The Hall–Kier alpha value is -2.23. The van der Waals surface area contributed by atoms with Crippen molar-refractivity contribution in [2.45, 2.75) is 26.3 Å². The fraction of sp³-hybridized carbons (Fsp3) is 0.240. The SMILES string of the molecule is CCc1cc(C(=O)Nc2cccc(C(C)N[C-]=CN=C3C=[N+](C)[CH-]3)c2)ccc1C(=O)OC.[K+]. The van der Waals surface area contributed by atoms with E-state index >= 15 is 0 Å². The average molecular weight is 471 g/mol. The largest absolute Gasteiger partial charge is 1.00 e. The van der Waals surface area contributed by atoms with Crippen molar-refractivity contribution in [1.29, 1.82) is 0 Å². The third-order valence-electron chi connectivity index (χ3n) is 5.05. The number of hydrogen-bond donors (Lipinski definition) is 2. The van der Waals surface area contributed by atoms with Crippen LogP contribution < -0.4 is 62.0 Å². The summed E-state index contributed by atoms with van der Waals surface area (Å²) in [6.07, 6.45) is 7.10. The van der Waals surface area contributed by atoms with Crippen LogP contribution in [-0.2, 0) is 11.2 Å². The second-order valence-corrected chi connectivity index (χ2v) is 7.41. The second-order valence-electron chi connectivity index (χ2n) is 7.41. The number of rotatable bonds is 8. The maximum Gasteiger partial charge on any atom is 1.00 e. The minimum Gasteiger partial charge on any atom is -0.560 e. The smallest absolute Gasteiger partial charge is 0.560 e. The van der Waals surface area contributed by atoms with Gasteiger partial charge in [-0.25, -0.2) is 4.79 Å². The molecule has 8 heteroatoms. The molecule has 3 rings (SSSR count). The molecule has 2 N–H and O–H groups in total. The fourth-order valence-corrected chi connectivity index (χ4v) is 3.25. The Labute approximate surface area is 237 Å². The second kappa shape index (κ2) is 12.9. The summed E-state index contributed by atoms with van der Waals surface area (Å²) in [5, 5.41) is 6.08. The molecule has 1 atom stereocenters. The van der Waals surface area contributed by atoms with Gasteiger partial charge >= 0.3 is 57.4 Å². The van der Waals surface area contributed by atoms with Crippen molar-refractivity contribution in [3.8, 4) is 0 Å². The van der Waals surface area contributed by atoms with E-state index in [4.69, 9.17) is 4.74 Å². The van der Waals surface area contributed by atoms with Gasteiger partial charge in [-0.15, -0.1) is 6.20 Å². The van der Waals surface area contributed by atoms with Crippen LogP contribution in [0.4, 0.5) is 5.69 Å². The molecule has 1 aliphatic rings. The number of aryl methyl sites for hydroxylation is 1. The number of carbonyl (C=O) groups is 2. The average Bonchev–Trinajstić information content (AvgIpc) is 2.79. The summed E-state index contributed by atoms with van der Waals surface area (Å²) in [7, 11) is 3.29. The van der Waals surface area contributed by atoms with E-state index in [1.54, 1.807) is 24.4 Å². The molecule has 2 aromatic carbocycles. The molecule has 1 unspecified atom stereocenters. The van der Waals surface area contributed by atoms with Crippen molar-refractivity contribution in [1.82, 2.24) is 5.32 Å². The zero-order valence-electron chi connectivity index (χ0n) is 19.7. The van der Waals surface area contributed by atoms with Gasteiger partial charge in [-0.05, 0) is 54.8 Å². The number of aliphatic imine (C=N–C) groups is 1. The molecule has 1 heterocycles. The number of nitrogens with one attached hydrogen (secondary N) is 2. The summed E-state index contributed by atoms with van der Waals surface area (Å²) < 4.78 is 6.73. The number of ether oxygens (including phenoxy) is 1. The van der Waals surface area contributed by atoms with Crippen LogP contribution in [0, 0.1) is 12.7 Å².